The van der Waals surface area contributed by atoms with Crippen molar-refractivity contribution in [2.24, 2.45) is 5.92 Å². The van der Waals surface area contributed by atoms with Gasteiger partial charge < -0.3 is 19.3 Å². The number of ether oxygens (including phenoxy) is 1. The summed E-state index contributed by atoms with van der Waals surface area (Å²) in [4.78, 5) is 24.3. The van der Waals surface area contributed by atoms with E-state index in [-0.39, 0.29) is 25.4 Å². The van der Waals surface area contributed by atoms with Gasteiger partial charge in [-0.25, -0.2) is 0 Å². The Morgan fingerprint density at radius 1 is 1.48 bits per heavy atom. The van der Waals surface area contributed by atoms with Crippen LogP contribution in [0.5, 0.6) is 5.75 Å². The highest BCUT2D eigenvalue weighted by atomic mass is 16.5. The largest absolute Gasteiger partial charge is 0.497 e. The van der Waals surface area contributed by atoms with Crippen molar-refractivity contribution < 1.29 is 24.0 Å². The number of likely N-dealkylation sites (tertiary alicyclic amines) is 1. The van der Waals surface area contributed by atoms with Crippen LogP contribution in [-0.2, 0) is 16.1 Å². The number of hydrogen-bond donors (Lipinski definition) is 1. The number of carboxylic acid groups (broad SMARTS) is 1. The molecule has 0 bridgehead atoms. The summed E-state index contributed by atoms with van der Waals surface area (Å²) in [5.41, 5.74) is 1.40. The fourth-order valence-corrected chi connectivity index (χ4v) is 2.58. The molecule has 1 fully saturated rings. The number of nitrogens with zero attached hydrogens (tertiary/aromatic N) is 2. The number of carboxylic acids is 1. The Labute approximate surface area is 132 Å². The summed E-state index contributed by atoms with van der Waals surface area (Å²) in [6.07, 6.45) is 0.0376. The summed E-state index contributed by atoms with van der Waals surface area (Å²) < 4.78 is 10.5. The first-order chi connectivity index (χ1) is 11.1. The van der Waals surface area contributed by atoms with Gasteiger partial charge in [-0.1, -0.05) is 17.3 Å². The highest BCUT2D eigenvalue weighted by Crippen LogP contribution is 2.26. The molecule has 23 heavy (non-hydrogen) atoms. The minimum Gasteiger partial charge on any atom is -0.497 e. The minimum atomic E-state index is -0.946. The van der Waals surface area contributed by atoms with Crippen molar-refractivity contribution in [2.45, 2.75) is 13.0 Å². The zero-order valence-corrected chi connectivity index (χ0v) is 12.6. The van der Waals surface area contributed by atoms with Gasteiger partial charge in [0, 0.05) is 24.6 Å². The van der Waals surface area contributed by atoms with Crippen molar-refractivity contribution in [1.82, 2.24) is 10.1 Å². The van der Waals surface area contributed by atoms with E-state index in [0.29, 0.717) is 17.2 Å². The molecule has 2 heterocycles. The molecule has 7 heteroatoms. The van der Waals surface area contributed by atoms with Crippen molar-refractivity contribution in [1.29, 1.82) is 0 Å². The van der Waals surface area contributed by atoms with Crippen LogP contribution in [0.2, 0.25) is 0 Å². The summed E-state index contributed by atoms with van der Waals surface area (Å²) in [7, 11) is 1.59. The van der Waals surface area contributed by atoms with E-state index in [2.05, 4.69) is 5.16 Å². The molecule has 1 atom stereocenters. The molecule has 0 aliphatic carbocycles. The van der Waals surface area contributed by atoms with Crippen LogP contribution in [0.4, 0.5) is 0 Å². The van der Waals surface area contributed by atoms with Gasteiger partial charge in [-0.15, -0.1) is 0 Å². The molecule has 2 aromatic rings. The van der Waals surface area contributed by atoms with Gasteiger partial charge in [-0.05, 0) is 12.1 Å². The van der Waals surface area contributed by atoms with E-state index in [1.165, 1.54) is 4.90 Å². The second-order valence-corrected chi connectivity index (χ2v) is 5.43. The lowest BCUT2D eigenvalue weighted by molar-refractivity contribution is -0.141. The van der Waals surface area contributed by atoms with E-state index in [0.717, 1.165) is 5.56 Å². The van der Waals surface area contributed by atoms with E-state index in [1.54, 1.807) is 13.2 Å². The van der Waals surface area contributed by atoms with Gasteiger partial charge >= 0.3 is 5.97 Å². The first-order valence-electron chi connectivity index (χ1n) is 7.17. The van der Waals surface area contributed by atoms with E-state index < -0.39 is 11.9 Å². The predicted octanol–water partition coefficient (Wildman–Crippen LogP) is 1.78. The van der Waals surface area contributed by atoms with Crippen molar-refractivity contribution in [2.75, 3.05) is 13.7 Å². The zero-order valence-electron chi connectivity index (χ0n) is 12.6. The van der Waals surface area contributed by atoms with Gasteiger partial charge in [0.1, 0.15) is 11.4 Å². The lowest BCUT2D eigenvalue weighted by Crippen LogP contribution is -2.25. The molecular weight excluding hydrogens is 300 g/mol. The number of hydrogen-bond acceptors (Lipinski definition) is 5. The topological polar surface area (TPSA) is 92.9 Å². The number of aliphatic carboxylic acids is 1. The average Bonchev–Trinajstić information content (AvgIpc) is 3.15. The summed E-state index contributed by atoms with van der Waals surface area (Å²) in [6, 6.07) is 9.11. The van der Waals surface area contributed by atoms with E-state index in [9.17, 15) is 9.59 Å². The number of amides is 1. The third-order valence-electron chi connectivity index (χ3n) is 3.83. The number of benzene rings is 1. The Kier molecular flexibility index (Phi) is 4.01. The Bertz CT molecular complexity index is 740. The number of aromatic nitrogens is 1. The van der Waals surface area contributed by atoms with Crippen molar-refractivity contribution >= 4 is 11.9 Å². The maximum atomic E-state index is 11.8. The molecule has 0 radical (unpaired) electrons. The Hall–Kier alpha value is -2.83. The zero-order chi connectivity index (χ0) is 16.4. The van der Waals surface area contributed by atoms with Crippen LogP contribution in [0.1, 0.15) is 12.1 Å². The fourth-order valence-electron chi connectivity index (χ4n) is 2.58. The molecule has 0 spiro atoms. The fraction of sp³-hybridized carbons (Fsp3) is 0.312. The highest BCUT2D eigenvalue weighted by molar-refractivity contribution is 5.86. The van der Waals surface area contributed by atoms with Crippen LogP contribution in [0.3, 0.4) is 0 Å². The molecular formula is C16H16N2O5. The van der Waals surface area contributed by atoms with Crippen molar-refractivity contribution in [3.63, 3.8) is 0 Å². The van der Waals surface area contributed by atoms with Gasteiger partial charge in [0.05, 0.1) is 19.6 Å². The number of methoxy groups -OCH3 is 1. The lowest BCUT2D eigenvalue weighted by atomic mass is 10.1. The molecule has 0 unspecified atom stereocenters. The number of carbonyl (C=O) groups excluding carboxylic acids is 1. The van der Waals surface area contributed by atoms with E-state index >= 15 is 0 Å². The number of rotatable bonds is 5. The molecule has 1 N–H and O–H groups in total. The molecule has 7 nitrogen and oxygen atoms in total. The minimum absolute atomic E-state index is 0.0376. The molecule has 120 valence electrons. The second kappa shape index (κ2) is 6.12. The molecule has 1 amide bonds. The SMILES string of the molecule is COc1cccc(-c2cc(CN3C[C@@H](C(=O)O)CC3=O)no2)c1. The highest BCUT2D eigenvalue weighted by Gasteiger charge is 2.34. The second-order valence-electron chi connectivity index (χ2n) is 5.43. The van der Waals surface area contributed by atoms with E-state index in [1.807, 2.05) is 24.3 Å². The smallest absolute Gasteiger partial charge is 0.308 e. The summed E-state index contributed by atoms with van der Waals surface area (Å²) in [6.45, 7) is 0.450. The maximum Gasteiger partial charge on any atom is 0.308 e. The van der Waals surface area contributed by atoms with Crippen LogP contribution in [-0.4, -0.2) is 40.7 Å². The number of carbonyl (C=O) groups is 2. The molecule has 1 aromatic carbocycles. The first kappa shape index (κ1) is 15.1. The molecule has 0 saturated carbocycles. The van der Waals surface area contributed by atoms with Gasteiger partial charge in [0.15, 0.2) is 5.76 Å². The molecule has 1 aliphatic heterocycles. The molecule has 1 aromatic heterocycles. The third-order valence-corrected chi connectivity index (χ3v) is 3.83. The first-order valence-corrected chi connectivity index (χ1v) is 7.17. The van der Waals surface area contributed by atoms with Crippen LogP contribution in [0.15, 0.2) is 34.9 Å². The van der Waals surface area contributed by atoms with Crippen LogP contribution in [0.25, 0.3) is 11.3 Å². The van der Waals surface area contributed by atoms with E-state index in [4.69, 9.17) is 14.4 Å². The Morgan fingerprint density at radius 2 is 2.30 bits per heavy atom. The molecule has 1 aliphatic rings. The standard InChI is InChI=1S/C16H16N2O5/c1-22-13-4-2-3-10(5-13)14-7-12(17-23-14)9-18-8-11(16(20)21)6-15(18)19/h2-5,7,11H,6,8-9H2,1H3,(H,20,21)/t11-/m0/s1. The monoisotopic (exact) mass is 316 g/mol. The van der Waals surface area contributed by atoms with Crippen LogP contribution < -0.4 is 4.74 Å². The predicted molar refractivity (Wildman–Crippen MR) is 79.7 cm³/mol. The summed E-state index contributed by atoms with van der Waals surface area (Å²) in [5.74, 6) is -0.492. The third kappa shape index (κ3) is 3.18. The Morgan fingerprint density at radius 3 is 3.00 bits per heavy atom. The van der Waals surface area contributed by atoms with Crippen molar-refractivity contribution in [3.8, 4) is 17.1 Å². The lowest BCUT2D eigenvalue weighted by Gasteiger charge is -2.13. The quantitative estimate of drug-likeness (QED) is 0.904. The van der Waals surface area contributed by atoms with Gasteiger partial charge in [-0.3, -0.25) is 9.59 Å². The van der Waals surface area contributed by atoms with Crippen LogP contribution in [0, 0.1) is 5.92 Å². The summed E-state index contributed by atoms with van der Waals surface area (Å²) >= 11 is 0. The van der Waals surface area contributed by atoms with Gasteiger partial charge in [0.25, 0.3) is 0 Å². The maximum absolute atomic E-state index is 11.8. The van der Waals surface area contributed by atoms with Crippen molar-refractivity contribution in [3.05, 3.63) is 36.0 Å². The summed E-state index contributed by atoms with van der Waals surface area (Å²) in [5, 5.41) is 13.0. The van der Waals surface area contributed by atoms with Gasteiger partial charge in [0.2, 0.25) is 5.91 Å². The normalized spacial score (nSPS) is 17.5. The molecule has 3 rings (SSSR count). The molecule has 1 saturated heterocycles. The average molecular weight is 316 g/mol. The van der Waals surface area contributed by atoms with Crippen LogP contribution >= 0.6 is 0 Å². The van der Waals surface area contributed by atoms with Gasteiger partial charge in [-0.2, -0.15) is 0 Å². The Balaban J connectivity index is 1.72.